The standard InChI is InChI=1S/C8H13NO5/c1-3-5(2)9-14-6(8(12)13)4-7(10)11/h6H,3-4H2,1-2H3,(H,10,11)(H,12,13)/b9-5+. The molecule has 0 aliphatic carbocycles. The molecule has 1 unspecified atom stereocenters. The molecule has 80 valence electrons. The number of carboxylic acid groups (broad SMARTS) is 2. The van der Waals surface area contributed by atoms with Crippen LogP contribution in [0.25, 0.3) is 0 Å². The van der Waals surface area contributed by atoms with E-state index in [0.29, 0.717) is 12.1 Å². The fourth-order valence-corrected chi connectivity index (χ4v) is 0.546. The van der Waals surface area contributed by atoms with Gasteiger partial charge >= 0.3 is 11.9 Å². The molecule has 0 aromatic heterocycles. The third-order valence-corrected chi connectivity index (χ3v) is 1.48. The molecule has 6 nitrogen and oxygen atoms in total. The first-order valence-electron chi connectivity index (χ1n) is 4.11. The Hall–Kier alpha value is -1.59. The Morgan fingerprint density at radius 2 is 2.00 bits per heavy atom. The largest absolute Gasteiger partial charge is 0.481 e. The van der Waals surface area contributed by atoms with Gasteiger partial charge in [-0.15, -0.1) is 0 Å². The molecule has 2 N–H and O–H groups in total. The van der Waals surface area contributed by atoms with E-state index >= 15 is 0 Å². The smallest absolute Gasteiger partial charge is 0.348 e. The summed E-state index contributed by atoms with van der Waals surface area (Å²) in [4.78, 5) is 25.3. The fourth-order valence-electron chi connectivity index (χ4n) is 0.546. The molecule has 0 spiro atoms. The molecule has 0 heterocycles. The van der Waals surface area contributed by atoms with Crippen molar-refractivity contribution in [3.05, 3.63) is 0 Å². The van der Waals surface area contributed by atoms with Gasteiger partial charge in [0.25, 0.3) is 0 Å². The van der Waals surface area contributed by atoms with E-state index in [9.17, 15) is 9.59 Å². The van der Waals surface area contributed by atoms with Gasteiger partial charge in [-0.25, -0.2) is 4.79 Å². The number of hydrogen-bond donors (Lipinski definition) is 2. The van der Waals surface area contributed by atoms with Gasteiger partial charge in [0, 0.05) is 0 Å². The van der Waals surface area contributed by atoms with Crippen LogP contribution in [0.1, 0.15) is 26.7 Å². The Kier molecular flexibility index (Phi) is 5.28. The summed E-state index contributed by atoms with van der Waals surface area (Å²) in [6, 6.07) is 0. The first-order valence-corrected chi connectivity index (χ1v) is 4.11. The van der Waals surface area contributed by atoms with E-state index in [2.05, 4.69) is 9.99 Å². The highest BCUT2D eigenvalue weighted by Crippen LogP contribution is 2.01. The third-order valence-electron chi connectivity index (χ3n) is 1.48. The van der Waals surface area contributed by atoms with E-state index in [1.165, 1.54) is 0 Å². The minimum absolute atomic E-state index is 0.601. The molecule has 0 fully saturated rings. The second-order valence-electron chi connectivity index (χ2n) is 2.71. The van der Waals surface area contributed by atoms with Gasteiger partial charge in [0.15, 0.2) is 0 Å². The maximum atomic E-state index is 10.5. The van der Waals surface area contributed by atoms with Gasteiger partial charge in [0.05, 0.1) is 12.1 Å². The summed E-state index contributed by atoms with van der Waals surface area (Å²) in [5, 5.41) is 20.4. The quantitative estimate of drug-likeness (QED) is 0.489. The average Bonchev–Trinajstić information content (AvgIpc) is 2.10. The molecule has 0 aromatic carbocycles. The Bertz CT molecular complexity index is 248. The lowest BCUT2D eigenvalue weighted by Gasteiger charge is -2.07. The number of nitrogens with zero attached hydrogens (tertiary/aromatic N) is 1. The van der Waals surface area contributed by atoms with Crippen LogP contribution in [0.4, 0.5) is 0 Å². The van der Waals surface area contributed by atoms with E-state index in [-0.39, 0.29) is 0 Å². The molecule has 0 aromatic rings. The van der Waals surface area contributed by atoms with Crippen LogP contribution in [0.2, 0.25) is 0 Å². The summed E-state index contributed by atoms with van der Waals surface area (Å²) in [7, 11) is 0. The van der Waals surface area contributed by atoms with Crippen LogP contribution in [-0.4, -0.2) is 34.0 Å². The Balaban J connectivity index is 4.24. The Morgan fingerprint density at radius 3 is 2.36 bits per heavy atom. The fraction of sp³-hybridized carbons (Fsp3) is 0.625. The number of oxime groups is 1. The summed E-state index contributed by atoms with van der Waals surface area (Å²) in [5.74, 6) is -2.57. The highest BCUT2D eigenvalue weighted by Gasteiger charge is 2.22. The molecule has 0 amide bonds. The average molecular weight is 203 g/mol. The molecular formula is C8H13NO5. The molecule has 0 radical (unpaired) electrons. The second kappa shape index (κ2) is 5.95. The number of hydrogen-bond acceptors (Lipinski definition) is 4. The lowest BCUT2D eigenvalue weighted by Crippen LogP contribution is -2.25. The van der Waals surface area contributed by atoms with Crippen LogP contribution in [0, 0.1) is 0 Å². The summed E-state index contributed by atoms with van der Waals surface area (Å²) in [6.07, 6.45) is -1.40. The maximum absolute atomic E-state index is 10.5. The molecule has 0 aliphatic heterocycles. The van der Waals surface area contributed by atoms with Gasteiger partial charge in [0.2, 0.25) is 6.10 Å². The molecule has 6 heteroatoms. The predicted molar refractivity (Wildman–Crippen MR) is 48.2 cm³/mol. The van der Waals surface area contributed by atoms with Crippen LogP contribution in [0.5, 0.6) is 0 Å². The van der Waals surface area contributed by atoms with E-state index in [4.69, 9.17) is 10.2 Å². The van der Waals surface area contributed by atoms with Crippen molar-refractivity contribution in [2.45, 2.75) is 32.8 Å². The molecule has 14 heavy (non-hydrogen) atoms. The molecule has 0 saturated carbocycles. The monoisotopic (exact) mass is 203 g/mol. The van der Waals surface area contributed by atoms with Gasteiger partial charge in [-0.2, -0.15) is 0 Å². The molecule has 0 bridgehead atoms. The van der Waals surface area contributed by atoms with Gasteiger partial charge in [-0.05, 0) is 13.3 Å². The van der Waals surface area contributed by atoms with Crippen LogP contribution in [0.15, 0.2) is 5.16 Å². The Morgan fingerprint density at radius 1 is 1.43 bits per heavy atom. The minimum atomic E-state index is -1.42. The molecule has 0 saturated heterocycles. The minimum Gasteiger partial charge on any atom is -0.481 e. The van der Waals surface area contributed by atoms with Gasteiger partial charge in [-0.3, -0.25) is 4.79 Å². The predicted octanol–water partition coefficient (Wildman–Crippen LogP) is 0.717. The zero-order valence-electron chi connectivity index (χ0n) is 8.06. The van der Waals surface area contributed by atoms with Crippen molar-refractivity contribution in [1.82, 2.24) is 0 Å². The van der Waals surface area contributed by atoms with Crippen molar-refractivity contribution < 1.29 is 24.6 Å². The molecule has 0 aliphatic rings. The second-order valence-corrected chi connectivity index (χ2v) is 2.71. The zero-order valence-corrected chi connectivity index (χ0v) is 8.06. The van der Waals surface area contributed by atoms with Crippen LogP contribution in [-0.2, 0) is 14.4 Å². The summed E-state index contributed by atoms with van der Waals surface area (Å²) < 4.78 is 0. The SMILES string of the molecule is CC/C(C)=N/OC(CC(=O)O)C(=O)O. The van der Waals surface area contributed by atoms with Crippen molar-refractivity contribution in [1.29, 1.82) is 0 Å². The van der Waals surface area contributed by atoms with Crippen LogP contribution in [0.3, 0.4) is 0 Å². The zero-order chi connectivity index (χ0) is 11.1. The molecular weight excluding hydrogens is 190 g/mol. The van der Waals surface area contributed by atoms with Crippen molar-refractivity contribution >= 4 is 17.7 Å². The van der Waals surface area contributed by atoms with E-state index in [0.717, 1.165) is 0 Å². The van der Waals surface area contributed by atoms with Crippen molar-refractivity contribution in [3.8, 4) is 0 Å². The van der Waals surface area contributed by atoms with Gasteiger partial charge < -0.3 is 15.1 Å². The normalized spacial score (nSPS) is 13.4. The lowest BCUT2D eigenvalue weighted by atomic mass is 10.2. The highest BCUT2D eigenvalue weighted by atomic mass is 16.6. The number of carboxylic acids is 2. The van der Waals surface area contributed by atoms with Crippen molar-refractivity contribution in [2.75, 3.05) is 0 Å². The number of rotatable bonds is 6. The number of carbonyl (C=O) groups is 2. The Labute approximate surface area is 81.2 Å². The highest BCUT2D eigenvalue weighted by molar-refractivity contribution is 5.82. The summed E-state index contributed by atoms with van der Waals surface area (Å²) in [6.45, 7) is 3.49. The summed E-state index contributed by atoms with van der Waals surface area (Å²) in [5.41, 5.74) is 0.613. The topological polar surface area (TPSA) is 96.2 Å². The van der Waals surface area contributed by atoms with E-state index < -0.39 is 24.5 Å². The van der Waals surface area contributed by atoms with Gasteiger partial charge in [-0.1, -0.05) is 12.1 Å². The lowest BCUT2D eigenvalue weighted by molar-refractivity contribution is -0.156. The first-order chi connectivity index (χ1) is 6.47. The van der Waals surface area contributed by atoms with Crippen LogP contribution < -0.4 is 0 Å². The van der Waals surface area contributed by atoms with E-state index in [1.807, 2.05) is 6.92 Å². The van der Waals surface area contributed by atoms with Crippen molar-refractivity contribution in [3.63, 3.8) is 0 Å². The molecule has 1 atom stereocenters. The van der Waals surface area contributed by atoms with Crippen molar-refractivity contribution in [2.24, 2.45) is 5.16 Å². The number of aliphatic carboxylic acids is 2. The summed E-state index contributed by atoms with van der Waals surface area (Å²) >= 11 is 0. The van der Waals surface area contributed by atoms with Gasteiger partial charge in [0.1, 0.15) is 0 Å². The van der Waals surface area contributed by atoms with Crippen LogP contribution >= 0.6 is 0 Å². The van der Waals surface area contributed by atoms with E-state index in [1.54, 1.807) is 6.92 Å². The first kappa shape index (κ1) is 12.4. The maximum Gasteiger partial charge on any atom is 0.348 e. The molecule has 0 rings (SSSR count). The third kappa shape index (κ3) is 5.13.